The van der Waals surface area contributed by atoms with Gasteiger partial charge in [-0.1, -0.05) is 23.7 Å². The number of nitrogens with zero attached hydrogens (tertiary/aromatic N) is 2. The van der Waals surface area contributed by atoms with Gasteiger partial charge < -0.3 is 5.32 Å². The normalized spacial score (nSPS) is 10.2. The van der Waals surface area contributed by atoms with Crippen LogP contribution in [-0.4, -0.2) is 16.5 Å². The quantitative estimate of drug-likeness (QED) is 0.902. The Hall–Kier alpha value is -1.61. The van der Waals surface area contributed by atoms with Gasteiger partial charge in [0.05, 0.1) is 0 Å². The first-order chi connectivity index (χ1) is 8.24. The van der Waals surface area contributed by atoms with Crippen molar-refractivity contribution in [3.8, 4) is 0 Å². The fourth-order valence-electron chi connectivity index (χ4n) is 1.54. The van der Waals surface area contributed by atoms with Crippen LogP contribution < -0.4 is 5.32 Å². The molecule has 0 spiro atoms. The molecule has 0 aliphatic rings. The highest BCUT2D eigenvalue weighted by Crippen LogP contribution is 2.10. The molecule has 2 rings (SSSR count). The molecule has 88 valence electrons. The van der Waals surface area contributed by atoms with E-state index in [-0.39, 0.29) is 0 Å². The molecule has 1 heterocycles. The lowest BCUT2D eigenvalue weighted by Crippen LogP contribution is -2.06. The van der Waals surface area contributed by atoms with Crippen LogP contribution in [0.1, 0.15) is 11.3 Å². The Balaban J connectivity index is 1.85. The van der Waals surface area contributed by atoms with E-state index in [1.165, 1.54) is 5.56 Å². The Bertz CT molecular complexity index is 482. The van der Waals surface area contributed by atoms with Gasteiger partial charge in [0.15, 0.2) is 0 Å². The van der Waals surface area contributed by atoms with Crippen LogP contribution in [0.15, 0.2) is 36.7 Å². The Kier molecular flexibility index (Phi) is 3.94. The van der Waals surface area contributed by atoms with Gasteiger partial charge in [-0.25, -0.2) is 9.97 Å². The summed E-state index contributed by atoms with van der Waals surface area (Å²) in [5.74, 6) is 0.867. The van der Waals surface area contributed by atoms with Crippen molar-refractivity contribution in [3.05, 3.63) is 52.9 Å². The molecule has 0 unspecified atom stereocenters. The minimum Gasteiger partial charge on any atom is -0.370 e. The van der Waals surface area contributed by atoms with Gasteiger partial charge in [-0.3, -0.25) is 0 Å². The molecule has 1 aromatic heterocycles. The molecule has 0 saturated carbocycles. The molecule has 0 fully saturated rings. The molecule has 17 heavy (non-hydrogen) atoms. The van der Waals surface area contributed by atoms with E-state index in [1.54, 1.807) is 6.33 Å². The molecule has 2 aromatic rings. The molecular formula is C13H14ClN3. The number of hydrogen-bond acceptors (Lipinski definition) is 3. The van der Waals surface area contributed by atoms with E-state index in [0.29, 0.717) is 0 Å². The lowest BCUT2D eigenvalue weighted by Gasteiger charge is -2.05. The Morgan fingerprint density at radius 2 is 1.94 bits per heavy atom. The predicted molar refractivity (Wildman–Crippen MR) is 70.4 cm³/mol. The highest BCUT2D eigenvalue weighted by molar-refractivity contribution is 6.30. The van der Waals surface area contributed by atoms with Crippen LogP contribution >= 0.6 is 11.6 Å². The second kappa shape index (κ2) is 5.64. The number of nitrogens with one attached hydrogen (secondary N) is 1. The summed E-state index contributed by atoms with van der Waals surface area (Å²) in [6.45, 7) is 2.80. The van der Waals surface area contributed by atoms with Gasteiger partial charge in [0.25, 0.3) is 0 Å². The third kappa shape index (κ3) is 3.71. The maximum absolute atomic E-state index is 5.83. The van der Waals surface area contributed by atoms with E-state index >= 15 is 0 Å². The zero-order valence-electron chi connectivity index (χ0n) is 9.65. The van der Waals surface area contributed by atoms with Gasteiger partial charge in [0.1, 0.15) is 12.1 Å². The molecule has 0 atom stereocenters. The summed E-state index contributed by atoms with van der Waals surface area (Å²) in [6.07, 6.45) is 2.51. The van der Waals surface area contributed by atoms with Crippen molar-refractivity contribution in [3.63, 3.8) is 0 Å². The van der Waals surface area contributed by atoms with Crippen molar-refractivity contribution < 1.29 is 0 Å². The first kappa shape index (κ1) is 11.9. The van der Waals surface area contributed by atoms with Gasteiger partial charge in [-0.05, 0) is 31.0 Å². The summed E-state index contributed by atoms with van der Waals surface area (Å²) in [5.41, 5.74) is 2.22. The van der Waals surface area contributed by atoms with Crippen LogP contribution in [-0.2, 0) is 6.42 Å². The molecule has 3 nitrogen and oxygen atoms in total. The highest BCUT2D eigenvalue weighted by atomic mass is 35.5. The molecule has 0 aliphatic heterocycles. The minimum atomic E-state index is 0.771. The largest absolute Gasteiger partial charge is 0.370 e. The first-order valence-corrected chi connectivity index (χ1v) is 5.89. The van der Waals surface area contributed by atoms with Crippen LogP contribution in [0.2, 0.25) is 5.02 Å². The fraction of sp³-hybridized carbons (Fsp3) is 0.231. The number of benzene rings is 1. The minimum absolute atomic E-state index is 0.771. The van der Waals surface area contributed by atoms with Gasteiger partial charge in [0.2, 0.25) is 0 Å². The van der Waals surface area contributed by atoms with E-state index in [9.17, 15) is 0 Å². The van der Waals surface area contributed by atoms with Gasteiger partial charge in [-0.2, -0.15) is 0 Å². The maximum Gasteiger partial charge on any atom is 0.129 e. The van der Waals surface area contributed by atoms with E-state index in [2.05, 4.69) is 15.3 Å². The topological polar surface area (TPSA) is 37.8 Å². The summed E-state index contributed by atoms with van der Waals surface area (Å²) in [7, 11) is 0. The summed E-state index contributed by atoms with van der Waals surface area (Å²) in [6, 6.07) is 9.82. The number of halogens is 1. The molecule has 0 radical (unpaired) electrons. The summed E-state index contributed by atoms with van der Waals surface area (Å²) in [5, 5.41) is 4.04. The molecule has 4 heteroatoms. The maximum atomic E-state index is 5.83. The van der Waals surface area contributed by atoms with Crippen LogP contribution in [0.3, 0.4) is 0 Å². The summed E-state index contributed by atoms with van der Waals surface area (Å²) in [4.78, 5) is 8.19. The zero-order chi connectivity index (χ0) is 12.1. The molecule has 0 bridgehead atoms. The van der Waals surface area contributed by atoms with Crippen molar-refractivity contribution in [2.45, 2.75) is 13.3 Å². The van der Waals surface area contributed by atoms with Crippen molar-refractivity contribution in [1.82, 2.24) is 9.97 Å². The van der Waals surface area contributed by atoms with E-state index < -0.39 is 0 Å². The lowest BCUT2D eigenvalue weighted by molar-refractivity contribution is 0.993. The van der Waals surface area contributed by atoms with E-state index in [0.717, 1.165) is 29.5 Å². The number of aromatic nitrogens is 2. The molecule has 1 N–H and O–H groups in total. The molecule has 0 aliphatic carbocycles. The number of hydrogen-bond donors (Lipinski definition) is 1. The van der Waals surface area contributed by atoms with Gasteiger partial charge >= 0.3 is 0 Å². The second-order valence-electron chi connectivity index (χ2n) is 3.85. The molecular weight excluding hydrogens is 234 g/mol. The summed E-state index contributed by atoms with van der Waals surface area (Å²) >= 11 is 5.83. The zero-order valence-corrected chi connectivity index (χ0v) is 10.4. The number of anilines is 1. The average Bonchev–Trinajstić information content (AvgIpc) is 2.32. The SMILES string of the molecule is Cc1cc(NCCc2ccc(Cl)cc2)ncn1. The number of rotatable bonds is 4. The molecule has 0 amide bonds. The number of aryl methyl sites for hydroxylation is 1. The lowest BCUT2D eigenvalue weighted by atomic mass is 10.1. The van der Waals surface area contributed by atoms with Crippen molar-refractivity contribution in [2.24, 2.45) is 0 Å². The van der Waals surface area contributed by atoms with Crippen LogP contribution in [0.25, 0.3) is 0 Å². The average molecular weight is 248 g/mol. The van der Waals surface area contributed by atoms with Crippen molar-refractivity contribution in [1.29, 1.82) is 0 Å². The monoisotopic (exact) mass is 247 g/mol. The first-order valence-electron chi connectivity index (χ1n) is 5.51. The van der Waals surface area contributed by atoms with Gasteiger partial charge in [0, 0.05) is 23.3 Å². The molecule has 0 saturated heterocycles. The predicted octanol–water partition coefficient (Wildman–Crippen LogP) is 3.09. The van der Waals surface area contributed by atoms with Crippen molar-refractivity contribution in [2.75, 3.05) is 11.9 Å². The molecule has 1 aromatic carbocycles. The van der Waals surface area contributed by atoms with Crippen LogP contribution in [0, 0.1) is 6.92 Å². The Morgan fingerprint density at radius 3 is 2.65 bits per heavy atom. The third-order valence-electron chi connectivity index (χ3n) is 2.44. The van der Waals surface area contributed by atoms with Crippen LogP contribution in [0.5, 0.6) is 0 Å². The Morgan fingerprint density at radius 1 is 1.18 bits per heavy atom. The Labute approximate surface area is 106 Å². The summed E-state index contributed by atoms with van der Waals surface area (Å²) < 4.78 is 0. The smallest absolute Gasteiger partial charge is 0.129 e. The second-order valence-corrected chi connectivity index (χ2v) is 4.28. The third-order valence-corrected chi connectivity index (χ3v) is 2.69. The van der Waals surface area contributed by atoms with Crippen molar-refractivity contribution >= 4 is 17.4 Å². The van der Waals surface area contributed by atoms with Gasteiger partial charge in [-0.15, -0.1) is 0 Å². The highest BCUT2D eigenvalue weighted by Gasteiger charge is 1.96. The van der Waals surface area contributed by atoms with Crippen LogP contribution in [0.4, 0.5) is 5.82 Å². The fourth-order valence-corrected chi connectivity index (χ4v) is 1.66. The standard InChI is InChI=1S/C13H14ClN3/c1-10-8-13(17-9-16-10)15-7-6-11-2-4-12(14)5-3-11/h2-5,8-9H,6-7H2,1H3,(H,15,16,17). The van der Waals surface area contributed by atoms with E-state index in [4.69, 9.17) is 11.6 Å². The van der Waals surface area contributed by atoms with E-state index in [1.807, 2.05) is 37.3 Å².